The highest BCUT2D eigenvalue weighted by Gasteiger charge is 2.11. The van der Waals surface area contributed by atoms with Crippen LogP contribution in [0.15, 0.2) is 30.5 Å². The van der Waals surface area contributed by atoms with Crippen LogP contribution in [0, 0.1) is 5.41 Å². The Balaban J connectivity index is 2.61. The predicted octanol–water partition coefficient (Wildman–Crippen LogP) is 0.352. The van der Waals surface area contributed by atoms with Gasteiger partial charge in [-0.25, -0.2) is 4.52 Å². The second-order valence-corrected chi connectivity index (χ2v) is 3.19. The van der Waals surface area contributed by atoms with Crippen molar-refractivity contribution in [3.8, 4) is 11.4 Å². The minimum absolute atomic E-state index is 0.386. The Labute approximate surface area is 83.8 Å². The lowest BCUT2D eigenvalue weighted by atomic mass is 10.2. The van der Waals surface area contributed by atoms with Crippen LogP contribution in [-0.2, 0) is 0 Å². The molecule has 2 heterocycles. The molecule has 0 amide bonds. The molecule has 0 saturated carbocycles. The van der Waals surface area contributed by atoms with Crippen LogP contribution in [-0.4, -0.2) is 24.8 Å². The van der Waals surface area contributed by atoms with Gasteiger partial charge in [-0.3, -0.25) is 0 Å². The predicted molar refractivity (Wildman–Crippen MR) is 50.6 cm³/mol. The number of nitrogens with one attached hydrogen (secondary N) is 1. The summed E-state index contributed by atoms with van der Waals surface area (Å²) in [5, 5.41) is 25.4. The molecule has 74 valence electrons. The first-order valence-corrected chi connectivity index (χ1v) is 4.36. The third-order valence-corrected chi connectivity index (χ3v) is 2.23. The number of fused-ring (bicyclic) bond motifs is 3. The first kappa shape index (κ1) is 7.98. The van der Waals surface area contributed by atoms with Gasteiger partial charge in [0.2, 0.25) is 0 Å². The first-order chi connectivity index (χ1) is 7.25. The number of rotatable bonds is 0. The molecule has 0 radical (unpaired) electrons. The fraction of sp³-hybridized carbons (Fsp3) is 0. The fourth-order valence-electron chi connectivity index (χ4n) is 1.56. The van der Waals surface area contributed by atoms with E-state index in [2.05, 4.69) is 10.2 Å². The molecule has 2 aliphatic rings. The maximum Gasteiger partial charge on any atom is 0.193 e. The molecule has 1 aromatic rings. The minimum Gasteiger partial charge on any atom is -0.410 e. The smallest absolute Gasteiger partial charge is 0.193 e. The highest BCUT2D eigenvalue weighted by molar-refractivity contribution is 5.59. The van der Waals surface area contributed by atoms with Crippen molar-refractivity contribution >= 4 is 5.65 Å². The molecular weight excluding hydrogens is 194 g/mol. The number of nitrogens with zero attached hydrogens (tertiary/aromatic N) is 4. The van der Waals surface area contributed by atoms with Crippen LogP contribution in [0.3, 0.4) is 0 Å². The van der Waals surface area contributed by atoms with Crippen LogP contribution in [0.25, 0.3) is 17.0 Å². The molecule has 6 nitrogen and oxygen atoms in total. The van der Waals surface area contributed by atoms with Crippen LogP contribution >= 0.6 is 0 Å². The molecule has 1 aliphatic heterocycles. The molecule has 0 bridgehead atoms. The third kappa shape index (κ3) is 1.01. The van der Waals surface area contributed by atoms with Gasteiger partial charge >= 0.3 is 0 Å². The minimum atomic E-state index is 0.386. The molecule has 1 aromatic heterocycles. The average Bonchev–Trinajstić information content (AvgIpc) is 2.69. The lowest BCUT2D eigenvalue weighted by Gasteiger charge is -2.08. The maximum absolute atomic E-state index is 9.53. The fourth-order valence-corrected chi connectivity index (χ4v) is 1.56. The van der Waals surface area contributed by atoms with E-state index in [1.54, 1.807) is 35.0 Å². The zero-order chi connectivity index (χ0) is 10.4. The molecule has 2 N–H and O–H groups in total. The van der Waals surface area contributed by atoms with Crippen LogP contribution in [0.1, 0.15) is 0 Å². The van der Waals surface area contributed by atoms with Gasteiger partial charge in [-0.2, -0.15) is 5.10 Å². The van der Waals surface area contributed by atoms with Crippen LogP contribution in [0.4, 0.5) is 0 Å². The molecule has 0 fully saturated rings. The Bertz CT molecular complexity index is 668. The molecule has 6 heteroatoms. The lowest BCUT2D eigenvalue weighted by molar-refractivity contribution is 0.154. The van der Waals surface area contributed by atoms with Gasteiger partial charge in [-0.1, -0.05) is 4.85 Å². The van der Waals surface area contributed by atoms with Crippen molar-refractivity contribution < 1.29 is 5.21 Å². The molecule has 15 heavy (non-hydrogen) atoms. The Morgan fingerprint density at radius 3 is 3.00 bits per heavy atom. The van der Waals surface area contributed by atoms with E-state index >= 15 is 0 Å². The van der Waals surface area contributed by atoms with Crippen LogP contribution in [0.5, 0.6) is 0 Å². The number of aromatic nitrogens is 4. The number of hydrogen-bond donors (Lipinski definition) is 2. The Morgan fingerprint density at radius 1 is 1.27 bits per heavy atom. The monoisotopic (exact) mass is 201 g/mol. The molecule has 0 spiro atoms. The van der Waals surface area contributed by atoms with Gasteiger partial charge in [0, 0.05) is 6.07 Å². The first-order valence-electron chi connectivity index (χ1n) is 4.36. The van der Waals surface area contributed by atoms with Gasteiger partial charge < -0.3 is 10.6 Å². The third-order valence-electron chi connectivity index (χ3n) is 2.23. The Kier molecular flexibility index (Phi) is 1.37. The summed E-state index contributed by atoms with van der Waals surface area (Å²) in [6, 6.07) is 6.58. The van der Waals surface area contributed by atoms with Crippen molar-refractivity contribution in [1.82, 2.24) is 19.6 Å². The van der Waals surface area contributed by atoms with Crippen molar-refractivity contribution in [2.24, 2.45) is 0 Å². The summed E-state index contributed by atoms with van der Waals surface area (Å²) in [6.45, 7) is 0. The zero-order valence-electron chi connectivity index (χ0n) is 7.62. The topological polar surface area (TPSA) is 79.2 Å². The second-order valence-electron chi connectivity index (χ2n) is 3.19. The highest BCUT2D eigenvalue weighted by atomic mass is 16.5. The van der Waals surface area contributed by atoms with Crippen molar-refractivity contribution in [2.45, 2.75) is 0 Å². The van der Waals surface area contributed by atoms with Crippen molar-refractivity contribution in [3.63, 3.8) is 0 Å². The number of benzene rings is 1. The van der Waals surface area contributed by atoms with Gasteiger partial charge in [0.1, 0.15) is 5.69 Å². The summed E-state index contributed by atoms with van der Waals surface area (Å²) < 4.78 is 1.54. The Hall–Kier alpha value is -2.37. The van der Waals surface area contributed by atoms with Gasteiger partial charge in [-0.05, 0) is 18.2 Å². The zero-order valence-corrected chi connectivity index (χ0v) is 7.62. The van der Waals surface area contributed by atoms with E-state index in [-0.39, 0.29) is 0 Å². The van der Waals surface area contributed by atoms with Crippen molar-refractivity contribution in [1.29, 1.82) is 5.41 Å². The van der Waals surface area contributed by atoms with Crippen molar-refractivity contribution in [2.75, 3.05) is 0 Å². The normalized spacial score (nSPS) is 11.2. The summed E-state index contributed by atoms with van der Waals surface area (Å²) in [5.74, 6) is 0. The van der Waals surface area contributed by atoms with Gasteiger partial charge in [0.15, 0.2) is 5.65 Å². The largest absolute Gasteiger partial charge is 0.410 e. The summed E-state index contributed by atoms with van der Waals surface area (Å²) in [6.07, 6.45) is 1.57. The molecule has 0 aromatic carbocycles. The summed E-state index contributed by atoms with van der Waals surface area (Å²) in [5.41, 5.74) is 1.76. The van der Waals surface area contributed by atoms with E-state index in [0.717, 1.165) is 4.85 Å². The van der Waals surface area contributed by atoms with E-state index in [1.165, 1.54) is 0 Å². The quantitative estimate of drug-likeness (QED) is 0.515. The van der Waals surface area contributed by atoms with E-state index in [0.29, 0.717) is 22.4 Å². The van der Waals surface area contributed by atoms with Gasteiger partial charge in [-0.15, -0.1) is 5.10 Å². The highest BCUT2D eigenvalue weighted by Crippen LogP contribution is 2.16. The van der Waals surface area contributed by atoms with Gasteiger partial charge in [0.05, 0.1) is 17.2 Å². The molecule has 3 rings (SSSR count). The SMILES string of the molecule is N=c1ccc2nn(O)c3ccnn3c-2c1. The standard InChI is InChI=1S/C9H7N5O/c10-6-1-2-7-8(5-6)13-9(3-4-11-13)14(15)12-7/h1-5,10,15H. The molecule has 0 unspecified atom stereocenters. The lowest BCUT2D eigenvalue weighted by Crippen LogP contribution is -2.12. The van der Waals surface area contributed by atoms with E-state index in [4.69, 9.17) is 5.41 Å². The summed E-state index contributed by atoms with van der Waals surface area (Å²) in [4.78, 5) is 0.777. The molecular formula is C9H7N5O. The van der Waals surface area contributed by atoms with Crippen LogP contribution in [0.2, 0.25) is 0 Å². The average molecular weight is 201 g/mol. The summed E-state index contributed by atoms with van der Waals surface area (Å²) >= 11 is 0. The van der Waals surface area contributed by atoms with E-state index in [1.807, 2.05) is 0 Å². The van der Waals surface area contributed by atoms with Crippen molar-refractivity contribution in [3.05, 3.63) is 35.8 Å². The molecule has 0 saturated heterocycles. The Morgan fingerprint density at radius 2 is 2.13 bits per heavy atom. The van der Waals surface area contributed by atoms with E-state index in [9.17, 15) is 5.21 Å². The summed E-state index contributed by atoms with van der Waals surface area (Å²) in [7, 11) is 0. The maximum atomic E-state index is 9.53. The number of hydrogen-bond acceptors (Lipinski definition) is 4. The second kappa shape index (κ2) is 2.57. The van der Waals surface area contributed by atoms with Gasteiger partial charge in [0.25, 0.3) is 0 Å². The van der Waals surface area contributed by atoms with Crippen LogP contribution < -0.4 is 5.36 Å². The van der Waals surface area contributed by atoms with E-state index < -0.39 is 0 Å². The molecule has 1 aliphatic carbocycles. The molecule has 0 atom stereocenters.